The summed E-state index contributed by atoms with van der Waals surface area (Å²) in [6, 6.07) is 8.63. The van der Waals surface area contributed by atoms with Crippen molar-refractivity contribution in [1.29, 1.82) is 0 Å². The lowest BCUT2D eigenvalue weighted by molar-refractivity contribution is 0.486. The summed E-state index contributed by atoms with van der Waals surface area (Å²) in [7, 11) is 0. The molecule has 0 saturated carbocycles. The van der Waals surface area contributed by atoms with E-state index in [1.165, 1.54) is 6.20 Å². The van der Waals surface area contributed by atoms with Crippen molar-refractivity contribution in [1.82, 2.24) is 15.0 Å². The van der Waals surface area contributed by atoms with Gasteiger partial charge in [0, 0.05) is 18.0 Å². The van der Waals surface area contributed by atoms with Crippen molar-refractivity contribution < 1.29 is 4.74 Å². The van der Waals surface area contributed by atoms with Gasteiger partial charge in [-0.05, 0) is 24.3 Å². The van der Waals surface area contributed by atoms with Gasteiger partial charge in [-0.3, -0.25) is 4.79 Å². The first kappa shape index (κ1) is 11.2. The highest BCUT2D eigenvalue weighted by atomic mass is 16.5. The SMILES string of the molecule is Nc1ccc(Oc2ccnc3ncc(=O)[nH]c23)cc1. The van der Waals surface area contributed by atoms with Gasteiger partial charge < -0.3 is 15.5 Å². The van der Waals surface area contributed by atoms with E-state index in [9.17, 15) is 4.79 Å². The molecule has 0 radical (unpaired) electrons. The highest BCUT2D eigenvalue weighted by Crippen LogP contribution is 2.26. The van der Waals surface area contributed by atoms with Crippen molar-refractivity contribution >= 4 is 16.9 Å². The van der Waals surface area contributed by atoms with Crippen LogP contribution in [0.25, 0.3) is 11.2 Å². The number of nitrogens with two attached hydrogens (primary N) is 1. The summed E-state index contributed by atoms with van der Waals surface area (Å²) in [5.41, 5.74) is 6.85. The Kier molecular flexibility index (Phi) is 2.60. The summed E-state index contributed by atoms with van der Waals surface area (Å²) >= 11 is 0. The molecule has 94 valence electrons. The average Bonchev–Trinajstić information content (AvgIpc) is 2.42. The van der Waals surface area contributed by atoms with Crippen LogP contribution in [0.3, 0.4) is 0 Å². The van der Waals surface area contributed by atoms with Crippen molar-refractivity contribution in [3.05, 3.63) is 53.1 Å². The zero-order valence-corrected chi connectivity index (χ0v) is 9.83. The Bertz CT molecular complexity index is 781. The lowest BCUT2D eigenvalue weighted by Gasteiger charge is -2.07. The van der Waals surface area contributed by atoms with Crippen LogP contribution < -0.4 is 16.0 Å². The molecule has 3 rings (SSSR count). The van der Waals surface area contributed by atoms with E-state index >= 15 is 0 Å². The van der Waals surface area contributed by atoms with Crippen molar-refractivity contribution in [3.63, 3.8) is 0 Å². The molecule has 3 N–H and O–H groups in total. The molecule has 6 nitrogen and oxygen atoms in total. The summed E-state index contributed by atoms with van der Waals surface area (Å²) in [6.45, 7) is 0. The number of aromatic nitrogens is 3. The van der Waals surface area contributed by atoms with Crippen molar-refractivity contribution in [2.45, 2.75) is 0 Å². The number of pyridine rings is 1. The maximum atomic E-state index is 11.3. The van der Waals surface area contributed by atoms with Crippen LogP contribution in [-0.2, 0) is 0 Å². The van der Waals surface area contributed by atoms with Gasteiger partial charge in [-0.15, -0.1) is 0 Å². The minimum Gasteiger partial charge on any atom is -0.455 e. The topological polar surface area (TPSA) is 93.9 Å². The number of hydrogen-bond acceptors (Lipinski definition) is 5. The fraction of sp³-hybridized carbons (Fsp3) is 0. The zero-order chi connectivity index (χ0) is 13.2. The third-order valence-corrected chi connectivity index (χ3v) is 2.55. The van der Waals surface area contributed by atoms with Crippen LogP contribution in [0.4, 0.5) is 5.69 Å². The van der Waals surface area contributed by atoms with E-state index in [-0.39, 0.29) is 5.56 Å². The Morgan fingerprint density at radius 3 is 2.68 bits per heavy atom. The average molecular weight is 254 g/mol. The Balaban J connectivity index is 2.07. The third kappa shape index (κ3) is 2.23. The van der Waals surface area contributed by atoms with Gasteiger partial charge in [-0.1, -0.05) is 0 Å². The second kappa shape index (κ2) is 4.41. The normalized spacial score (nSPS) is 10.5. The summed E-state index contributed by atoms with van der Waals surface area (Å²) < 4.78 is 5.70. The van der Waals surface area contributed by atoms with Crippen LogP contribution >= 0.6 is 0 Å². The zero-order valence-electron chi connectivity index (χ0n) is 9.83. The van der Waals surface area contributed by atoms with Gasteiger partial charge in [-0.25, -0.2) is 9.97 Å². The number of ether oxygens (including phenoxy) is 1. The fourth-order valence-corrected chi connectivity index (χ4v) is 1.67. The molecule has 0 aliphatic rings. The van der Waals surface area contributed by atoms with Crippen molar-refractivity contribution in [2.24, 2.45) is 0 Å². The molecule has 0 spiro atoms. The van der Waals surface area contributed by atoms with Crippen molar-refractivity contribution in [3.8, 4) is 11.5 Å². The Hall–Kier alpha value is -2.89. The molecule has 19 heavy (non-hydrogen) atoms. The quantitative estimate of drug-likeness (QED) is 0.679. The van der Waals surface area contributed by atoms with Crippen LogP contribution in [0.2, 0.25) is 0 Å². The van der Waals surface area contributed by atoms with Crippen LogP contribution in [0.5, 0.6) is 11.5 Å². The van der Waals surface area contributed by atoms with E-state index < -0.39 is 0 Å². The minimum absolute atomic E-state index is 0.303. The first-order valence-corrected chi connectivity index (χ1v) is 5.60. The van der Waals surface area contributed by atoms with E-state index in [0.29, 0.717) is 28.4 Å². The molecule has 0 fully saturated rings. The maximum absolute atomic E-state index is 11.3. The third-order valence-electron chi connectivity index (χ3n) is 2.55. The summed E-state index contributed by atoms with van der Waals surface area (Å²) in [4.78, 5) is 22.0. The van der Waals surface area contributed by atoms with E-state index in [1.807, 2.05) is 0 Å². The lowest BCUT2D eigenvalue weighted by Crippen LogP contribution is -2.06. The molecule has 0 saturated heterocycles. The maximum Gasteiger partial charge on any atom is 0.267 e. The molecule has 3 aromatic rings. The molecule has 0 aliphatic heterocycles. The number of nitrogen functional groups attached to an aromatic ring is 1. The molecule has 0 aliphatic carbocycles. The molecule has 0 bridgehead atoms. The number of aromatic amines is 1. The van der Waals surface area contributed by atoms with Crippen LogP contribution in [0, 0.1) is 0 Å². The highest BCUT2D eigenvalue weighted by molar-refractivity contribution is 5.76. The molecular weight excluding hydrogens is 244 g/mol. The van der Waals surface area contributed by atoms with Gasteiger partial charge in [0.05, 0.1) is 6.20 Å². The summed E-state index contributed by atoms with van der Waals surface area (Å²) in [6.07, 6.45) is 2.75. The van der Waals surface area contributed by atoms with Crippen LogP contribution in [0.1, 0.15) is 0 Å². The van der Waals surface area contributed by atoms with Gasteiger partial charge in [0.15, 0.2) is 11.4 Å². The molecule has 6 heteroatoms. The number of hydrogen-bond donors (Lipinski definition) is 2. The van der Waals surface area contributed by atoms with E-state index in [1.54, 1.807) is 36.5 Å². The standard InChI is InChI=1S/C13H10N4O2/c14-8-1-3-9(4-2-8)19-10-5-6-15-13-12(10)17-11(18)7-16-13/h1-7H,14H2,(H,17,18). The second-order valence-electron chi connectivity index (χ2n) is 3.93. The first-order chi connectivity index (χ1) is 9.22. The number of benzene rings is 1. The monoisotopic (exact) mass is 254 g/mol. The fourth-order valence-electron chi connectivity index (χ4n) is 1.67. The predicted octanol–water partition coefficient (Wildman–Crippen LogP) is 1.69. The molecule has 0 amide bonds. The van der Waals surface area contributed by atoms with Crippen molar-refractivity contribution in [2.75, 3.05) is 5.73 Å². The number of anilines is 1. The predicted molar refractivity (Wildman–Crippen MR) is 71.1 cm³/mol. The molecule has 0 unspecified atom stereocenters. The van der Waals surface area contributed by atoms with Gasteiger partial charge in [-0.2, -0.15) is 0 Å². The number of nitrogens with zero attached hydrogens (tertiary/aromatic N) is 2. The number of rotatable bonds is 2. The Morgan fingerprint density at radius 2 is 1.89 bits per heavy atom. The van der Waals surface area contributed by atoms with Crippen LogP contribution in [-0.4, -0.2) is 15.0 Å². The van der Waals surface area contributed by atoms with E-state index in [2.05, 4.69) is 15.0 Å². The van der Waals surface area contributed by atoms with Gasteiger partial charge in [0.25, 0.3) is 5.56 Å². The van der Waals surface area contributed by atoms with E-state index in [0.717, 1.165) is 0 Å². The smallest absolute Gasteiger partial charge is 0.267 e. The lowest BCUT2D eigenvalue weighted by atomic mass is 10.3. The largest absolute Gasteiger partial charge is 0.455 e. The number of H-pyrrole nitrogens is 1. The Labute approximate surface area is 107 Å². The second-order valence-corrected chi connectivity index (χ2v) is 3.93. The molecule has 0 atom stereocenters. The minimum atomic E-state index is -0.303. The molecule has 1 aromatic carbocycles. The highest BCUT2D eigenvalue weighted by Gasteiger charge is 2.06. The van der Waals surface area contributed by atoms with E-state index in [4.69, 9.17) is 10.5 Å². The van der Waals surface area contributed by atoms with Gasteiger partial charge in [0.2, 0.25) is 0 Å². The van der Waals surface area contributed by atoms with Crippen LogP contribution in [0.15, 0.2) is 47.5 Å². The Morgan fingerprint density at radius 1 is 1.11 bits per heavy atom. The summed E-state index contributed by atoms with van der Waals surface area (Å²) in [5.74, 6) is 1.10. The number of nitrogens with one attached hydrogen (secondary N) is 1. The summed E-state index contributed by atoms with van der Waals surface area (Å²) in [5, 5.41) is 0. The molecule has 2 aromatic heterocycles. The van der Waals surface area contributed by atoms with Gasteiger partial charge >= 0.3 is 0 Å². The molecule has 2 heterocycles. The molecular formula is C13H10N4O2. The van der Waals surface area contributed by atoms with Gasteiger partial charge in [0.1, 0.15) is 11.3 Å². The first-order valence-electron chi connectivity index (χ1n) is 5.60. The number of fused-ring (bicyclic) bond motifs is 1.